The highest BCUT2D eigenvalue weighted by molar-refractivity contribution is 5.89. The molecule has 1 unspecified atom stereocenters. The standard InChI is InChI=1S/C33H31FN4O2/c1-3-23-17-19-27(20-18-23)38-31(36-29-16-9-8-15-28(29)32(38)39)30(4-2)37(22-24-11-6-5-7-12-24)33(40)35-26-14-10-13-25(34)21-26/h5-21,30H,3-4,22H2,1-2H3,(H,35,40). The topological polar surface area (TPSA) is 67.2 Å². The molecule has 0 radical (unpaired) electrons. The number of aryl methyl sites for hydroxylation is 1. The highest BCUT2D eigenvalue weighted by Gasteiger charge is 2.29. The first-order chi connectivity index (χ1) is 19.5. The summed E-state index contributed by atoms with van der Waals surface area (Å²) in [6.45, 7) is 4.30. The summed E-state index contributed by atoms with van der Waals surface area (Å²) in [5.74, 6) is 0.0146. The van der Waals surface area contributed by atoms with E-state index in [2.05, 4.69) is 12.2 Å². The Morgan fingerprint density at radius 3 is 2.33 bits per heavy atom. The van der Waals surface area contributed by atoms with E-state index >= 15 is 0 Å². The summed E-state index contributed by atoms with van der Waals surface area (Å²) in [6, 6.07) is 29.5. The number of hydrogen-bond donors (Lipinski definition) is 1. The molecule has 0 aliphatic carbocycles. The van der Waals surface area contributed by atoms with Gasteiger partial charge in [0.1, 0.15) is 11.6 Å². The number of nitrogens with zero attached hydrogens (tertiary/aromatic N) is 3. The first-order valence-electron chi connectivity index (χ1n) is 13.5. The molecule has 0 aliphatic rings. The largest absolute Gasteiger partial charge is 0.322 e. The highest BCUT2D eigenvalue weighted by Crippen LogP contribution is 2.28. The number of urea groups is 1. The molecule has 4 aromatic carbocycles. The summed E-state index contributed by atoms with van der Waals surface area (Å²) in [5, 5.41) is 3.35. The Morgan fingerprint density at radius 1 is 0.900 bits per heavy atom. The van der Waals surface area contributed by atoms with Gasteiger partial charge in [0.05, 0.1) is 22.6 Å². The fraction of sp³-hybridized carbons (Fsp3) is 0.182. The minimum Gasteiger partial charge on any atom is -0.310 e. The number of anilines is 1. The van der Waals surface area contributed by atoms with Crippen LogP contribution >= 0.6 is 0 Å². The van der Waals surface area contributed by atoms with Crippen molar-refractivity contribution in [3.05, 3.63) is 136 Å². The number of hydrogen-bond acceptors (Lipinski definition) is 3. The van der Waals surface area contributed by atoms with E-state index in [1.165, 1.54) is 12.1 Å². The number of halogens is 1. The van der Waals surface area contributed by atoms with E-state index < -0.39 is 17.9 Å². The molecule has 0 spiro atoms. The lowest BCUT2D eigenvalue weighted by Crippen LogP contribution is -2.40. The minimum absolute atomic E-state index is 0.200. The lowest BCUT2D eigenvalue weighted by Gasteiger charge is -2.32. The molecule has 1 aromatic heterocycles. The predicted molar refractivity (Wildman–Crippen MR) is 157 cm³/mol. The quantitative estimate of drug-likeness (QED) is 0.228. The maximum atomic E-state index is 14.0. The summed E-state index contributed by atoms with van der Waals surface area (Å²) in [4.78, 5) is 34.5. The molecule has 1 N–H and O–H groups in total. The van der Waals surface area contributed by atoms with E-state index in [1.54, 1.807) is 27.7 Å². The Morgan fingerprint density at radius 2 is 1.62 bits per heavy atom. The van der Waals surface area contributed by atoms with Crippen molar-refractivity contribution in [2.75, 3.05) is 5.32 Å². The molecule has 2 amide bonds. The maximum absolute atomic E-state index is 14.0. The summed E-state index contributed by atoms with van der Waals surface area (Å²) in [5.41, 5.74) is 3.45. The van der Waals surface area contributed by atoms with Gasteiger partial charge in [-0.25, -0.2) is 14.2 Å². The Bertz CT molecular complexity index is 1680. The molecular formula is C33H31FN4O2. The molecule has 0 saturated carbocycles. The predicted octanol–water partition coefficient (Wildman–Crippen LogP) is 7.27. The van der Waals surface area contributed by atoms with Gasteiger partial charge in [0.2, 0.25) is 0 Å². The van der Waals surface area contributed by atoms with Crippen LogP contribution in [0.5, 0.6) is 0 Å². The summed E-state index contributed by atoms with van der Waals surface area (Å²) >= 11 is 0. The van der Waals surface area contributed by atoms with Crippen LogP contribution in [0.25, 0.3) is 16.6 Å². The van der Waals surface area contributed by atoms with E-state index in [-0.39, 0.29) is 12.1 Å². The average molecular weight is 535 g/mol. The van der Waals surface area contributed by atoms with Crippen molar-refractivity contribution in [2.45, 2.75) is 39.3 Å². The summed E-state index contributed by atoms with van der Waals surface area (Å²) in [6.07, 6.45) is 1.36. The molecule has 0 saturated heterocycles. The van der Waals surface area contributed by atoms with Crippen LogP contribution in [0.3, 0.4) is 0 Å². The Labute approximate surface area is 232 Å². The summed E-state index contributed by atoms with van der Waals surface area (Å²) in [7, 11) is 0. The molecule has 0 aliphatic heterocycles. The van der Waals surface area contributed by atoms with E-state index in [1.807, 2.05) is 79.7 Å². The monoisotopic (exact) mass is 534 g/mol. The third-order valence-electron chi connectivity index (χ3n) is 7.00. The van der Waals surface area contributed by atoms with Crippen molar-refractivity contribution in [3.8, 4) is 5.69 Å². The lowest BCUT2D eigenvalue weighted by atomic mass is 10.1. The normalized spacial score (nSPS) is 11.8. The number of carbonyl (C=O) groups is 1. The Kier molecular flexibility index (Phi) is 8.01. The minimum atomic E-state index is -0.572. The maximum Gasteiger partial charge on any atom is 0.322 e. The molecule has 5 aromatic rings. The number of fused-ring (bicyclic) bond motifs is 1. The van der Waals surface area contributed by atoms with Gasteiger partial charge in [0, 0.05) is 12.2 Å². The molecule has 0 bridgehead atoms. The first kappa shape index (κ1) is 26.8. The average Bonchev–Trinajstić information content (AvgIpc) is 2.98. The number of amides is 2. The van der Waals surface area contributed by atoms with Gasteiger partial charge in [-0.3, -0.25) is 9.36 Å². The third kappa shape index (κ3) is 5.64. The third-order valence-corrected chi connectivity index (χ3v) is 7.00. The Balaban J connectivity index is 1.67. The summed E-state index contributed by atoms with van der Waals surface area (Å²) < 4.78 is 15.5. The van der Waals surface area contributed by atoms with Crippen molar-refractivity contribution >= 4 is 22.6 Å². The second kappa shape index (κ2) is 11.9. The lowest BCUT2D eigenvalue weighted by molar-refractivity contribution is 0.177. The van der Waals surface area contributed by atoms with Crippen LogP contribution in [-0.2, 0) is 13.0 Å². The van der Waals surface area contributed by atoms with Crippen LogP contribution in [0.2, 0.25) is 0 Å². The molecule has 7 heteroatoms. The molecule has 5 rings (SSSR count). The van der Waals surface area contributed by atoms with E-state index in [9.17, 15) is 14.0 Å². The molecule has 1 heterocycles. The number of benzene rings is 4. The van der Waals surface area contributed by atoms with Gasteiger partial charge >= 0.3 is 6.03 Å². The van der Waals surface area contributed by atoms with Crippen LogP contribution in [0.4, 0.5) is 14.9 Å². The molecule has 6 nitrogen and oxygen atoms in total. The fourth-order valence-electron chi connectivity index (χ4n) is 4.91. The second-order valence-corrected chi connectivity index (χ2v) is 9.63. The van der Waals surface area contributed by atoms with Crippen LogP contribution in [-0.4, -0.2) is 20.5 Å². The van der Waals surface area contributed by atoms with Crippen molar-refractivity contribution in [2.24, 2.45) is 0 Å². The van der Waals surface area contributed by atoms with Crippen LogP contribution in [0.15, 0.2) is 108 Å². The van der Waals surface area contributed by atoms with Crippen LogP contribution in [0.1, 0.15) is 43.3 Å². The Hall–Kier alpha value is -4.78. The molecule has 40 heavy (non-hydrogen) atoms. The van der Waals surface area contributed by atoms with Gasteiger partial charge in [0.15, 0.2) is 0 Å². The smallest absolute Gasteiger partial charge is 0.310 e. The van der Waals surface area contributed by atoms with Crippen molar-refractivity contribution < 1.29 is 9.18 Å². The molecule has 0 fully saturated rings. The van der Waals surface area contributed by atoms with E-state index in [0.29, 0.717) is 34.5 Å². The zero-order valence-electron chi connectivity index (χ0n) is 22.5. The van der Waals surface area contributed by atoms with Gasteiger partial charge in [-0.2, -0.15) is 0 Å². The zero-order valence-corrected chi connectivity index (χ0v) is 22.5. The number of para-hydroxylation sites is 1. The van der Waals surface area contributed by atoms with Crippen molar-refractivity contribution in [1.82, 2.24) is 14.5 Å². The molecule has 202 valence electrons. The number of carbonyl (C=O) groups excluding carboxylic acids is 1. The molecular weight excluding hydrogens is 503 g/mol. The van der Waals surface area contributed by atoms with Gasteiger partial charge in [0.25, 0.3) is 5.56 Å². The SMILES string of the molecule is CCc1ccc(-n2c(C(CC)N(Cc3ccccc3)C(=O)Nc3cccc(F)c3)nc3ccccc3c2=O)cc1. The second-order valence-electron chi connectivity index (χ2n) is 9.63. The fourth-order valence-corrected chi connectivity index (χ4v) is 4.91. The first-order valence-corrected chi connectivity index (χ1v) is 13.5. The van der Waals surface area contributed by atoms with Gasteiger partial charge < -0.3 is 10.2 Å². The van der Waals surface area contributed by atoms with Crippen LogP contribution in [0, 0.1) is 5.82 Å². The van der Waals surface area contributed by atoms with Crippen molar-refractivity contribution in [3.63, 3.8) is 0 Å². The molecule has 1 atom stereocenters. The van der Waals surface area contributed by atoms with Gasteiger partial charge in [-0.1, -0.05) is 74.5 Å². The highest BCUT2D eigenvalue weighted by atomic mass is 19.1. The van der Waals surface area contributed by atoms with E-state index in [0.717, 1.165) is 17.5 Å². The van der Waals surface area contributed by atoms with E-state index in [4.69, 9.17) is 4.98 Å². The number of aromatic nitrogens is 2. The van der Waals surface area contributed by atoms with Crippen molar-refractivity contribution in [1.29, 1.82) is 0 Å². The zero-order chi connectivity index (χ0) is 28.1. The van der Waals surface area contributed by atoms with Gasteiger partial charge in [-0.15, -0.1) is 0 Å². The number of nitrogens with one attached hydrogen (secondary N) is 1. The van der Waals surface area contributed by atoms with Gasteiger partial charge in [-0.05, 0) is 66.4 Å². The number of rotatable bonds is 8. The van der Waals surface area contributed by atoms with Crippen LogP contribution < -0.4 is 10.9 Å².